The molecule has 12 atom stereocenters. The fourth-order valence-electron chi connectivity index (χ4n) is 8.56. The van der Waals surface area contributed by atoms with Crippen LogP contribution in [0.1, 0.15) is 84.6 Å². The van der Waals surface area contributed by atoms with Crippen molar-refractivity contribution in [2.45, 2.75) is 158 Å². The Kier molecular flexibility index (Phi) is 19.7. The lowest BCUT2D eigenvalue weighted by Gasteiger charge is -2.35. The van der Waals surface area contributed by atoms with Gasteiger partial charge in [0.1, 0.15) is 42.3 Å². The molecule has 1 aromatic rings. The van der Waals surface area contributed by atoms with Crippen molar-refractivity contribution in [1.82, 2.24) is 41.3 Å². The highest BCUT2D eigenvalue weighted by molar-refractivity contribution is 5.99. The highest BCUT2D eigenvalue weighted by Crippen LogP contribution is 2.29. The number of aliphatic hydroxyl groups excluding tert-OH is 3. The molecule has 8 amide bonds. The molecule has 0 bridgehead atoms. The fraction of sp³-hybridized carbons (Fsp3) is 0.636. The third kappa shape index (κ3) is 14.1. The Hall–Kier alpha value is -6.24. The van der Waals surface area contributed by atoms with Crippen LogP contribution in [-0.4, -0.2) is 192 Å². The van der Waals surface area contributed by atoms with Gasteiger partial charge in [0.25, 0.3) is 0 Å². The number of aliphatic carboxylic acids is 2. The summed E-state index contributed by atoms with van der Waals surface area (Å²) in [6.45, 7) is 5.09. The molecule has 3 saturated heterocycles. The van der Waals surface area contributed by atoms with Crippen molar-refractivity contribution in [3.05, 3.63) is 35.9 Å². The predicted octanol–water partition coefficient (Wildman–Crippen LogP) is -3.93. The van der Waals surface area contributed by atoms with E-state index in [9.17, 15) is 73.5 Å². The van der Waals surface area contributed by atoms with Crippen LogP contribution < -0.4 is 32.3 Å². The minimum atomic E-state index is -1.79. The van der Waals surface area contributed by atoms with Gasteiger partial charge in [-0.3, -0.25) is 43.2 Å². The molecule has 3 heterocycles. The summed E-state index contributed by atoms with van der Waals surface area (Å²) in [6.07, 6.45) is -3.34. The normalized spacial score (nSPS) is 22.0. The summed E-state index contributed by atoms with van der Waals surface area (Å²) in [4.78, 5) is 136. The zero-order valence-corrected chi connectivity index (χ0v) is 38.5. The summed E-state index contributed by atoms with van der Waals surface area (Å²) in [6, 6.07) is -3.16. The van der Waals surface area contributed by atoms with Crippen molar-refractivity contribution in [3.8, 4) is 0 Å². The molecule has 24 heteroatoms. The first-order valence-electron chi connectivity index (χ1n) is 22.8. The van der Waals surface area contributed by atoms with Crippen LogP contribution in [0.3, 0.4) is 0 Å². The van der Waals surface area contributed by atoms with Gasteiger partial charge in [-0.2, -0.15) is 0 Å². The van der Waals surface area contributed by atoms with Crippen LogP contribution in [0, 0.1) is 0 Å². The summed E-state index contributed by atoms with van der Waals surface area (Å²) in [5, 5.41) is 60.6. The average molecular weight is 960 g/mol. The molecule has 0 radical (unpaired) electrons. The Morgan fingerprint density at radius 2 is 1.06 bits per heavy atom. The number of amides is 8. The lowest BCUT2D eigenvalue weighted by Crippen LogP contribution is -2.63. The SMILES string of the molecule is C[C@H](NC(=O)[C@@H]1CCCN1C(=O)[C@@H]1CCCN1C(=O)[C@@H]1CCCN1C(=O)[C@H](CCC(=O)O)NC(=O)[C@@H](N)Cc1ccccc1)C(=O)N[C@H](C(=O)N[C@H](C(=O)N[C@H](C(=O)O)[C@@H](C)O)[C@@H](C)O)[C@@H](C)O. The molecule has 1 aromatic carbocycles. The number of carbonyl (C=O) groups excluding carboxylic acids is 8. The van der Waals surface area contributed by atoms with E-state index < -0.39 is 138 Å². The highest BCUT2D eigenvalue weighted by atomic mass is 16.4. The van der Waals surface area contributed by atoms with E-state index in [1.54, 1.807) is 30.3 Å². The van der Waals surface area contributed by atoms with Crippen LogP contribution >= 0.6 is 0 Å². The monoisotopic (exact) mass is 959 g/mol. The average Bonchev–Trinajstić information content (AvgIpc) is 4.09. The number of carboxylic acids is 2. The van der Waals surface area contributed by atoms with Crippen LogP contribution in [0.2, 0.25) is 0 Å². The van der Waals surface area contributed by atoms with Crippen LogP contribution in [0.25, 0.3) is 0 Å². The van der Waals surface area contributed by atoms with Gasteiger partial charge in [0.15, 0.2) is 6.04 Å². The largest absolute Gasteiger partial charge is 0.481 e. The molecule has 12 N–H and O–H groups in total. The molecule has 3 fully saturated rings. The van der Waals surface area contributed by atoms with Crippen LogP contribution in [-0.2, 0) is 54.4 Å². The predicted molar refractivity (Wildman–Crippen MR) is 237 cm³/mol. The van der Waals surface area contributed by atoms with Crippen LogP contribution in [0.5, 0.6) is 0 Å². The standard InChI is InChI=1S/C44H65N9O15/c1-22(36(59)48-33(23(2)54)39(62)49-34(24(3)55)40(63)50-35(25(4)56)44(67)68)46-38(61)29-13-8-18-51(29)42(65)31-15-10-20-53(31)43(66)30-14-9-19-52(30)41(64)28(16-17-32(57)58)47-37(60)27(45)21-26-11-6-5-7-12-26/h5-7,11-12,22-25,27-31,33-35,54-56H,8-10,13-21,45H2,1-4H3,(H,46,61)(H,47,60)(H,48,59)(H,49,62)(H,50,63)(H,57,58)(H,67,68)/t22-,23+,24+,25+,27-,28-,29-,30-,31-,33-,34-,35-/m0/s1. The van der Waals surface area contributed by atoms with E-state index in [1.807, 2.05) is 5.32 Å². The first kappa shape index (κ1) is 54.4. The molecule has 0 unspecified atom stereocenters. The van der Waals surface area contributed by atoms with Gasteiger partial charge >= 0.3 is 11.9 Å². The zero-order chi connectivity index (χ0) is 50.6. The van der Waals surface area contributed by atoms with Gasteiger partial charge in [-0.15, -0.1) is 0 Å². The van der Waals surface area contributed by atoms with Crippen molar-refractivity contribution in [2.24, 2.45) is 5.73 Å². The van der Waals surface area contributed by atoms with E-state index in [-0.39, 0.29) is 51.7 Å². The van der Waals surface area contributed by atoms with E-state index in [1.165, 1.54) is 21.6 Å². The summed E-state index contributed by atoms with van der Waals surface area (Å²) in [5.41, 5.74) is 6.94. The van der Waals surface area contributed by atoms with E-state index >= 15 is 0 Å². The molecule has 0 aromatic heterocycles. The highest BCUT2D eigenvalue weighted by Gasteiger charge is 2.47. The van der Waals surface area contributed by atoms with Crippen molar-refractivity contribution in [3.63, 3.8) is 0 Å². The minimum Gasteiger partial charge on any atom is -0.481 e. The number of nitrogens with zero attached hydrogens (tertiary/aromatic N) is 3. The molecule has 0 spiro atoms. The third-order valence-electron chi connectivity index (χ3n) is 12.3. The maximum absolute atomic E-state index is 14.3. The molecule has 68 heavy (non-hydrogen) atoms. The molecule has 4 rings (SSSR count). The molecule has 3 aliphatic rings. The van der Waals surface area contributed by atoms with Crippen molar-refractivity contribution < 1.29 is 73.5 Å². The summed E-state index contributed by atoms with van der Waals surface area (Å²) in [7, 11) is 0. The van der Waals surface area contributed by atoms with E-state index in [0.717, 1.165) is 26.3 Å². The number of benzene rings is 1. The fourth-order valence-corrected chi connectivity index (χ4v) is 8.56. The lowest BCUT2D eigenvalue weighted by molar-refractivity contribution is -0.151. The van der Waals surface area contributed by atoms with Gasteiger partial charge in [0.05, 0.1) is 24.4 Å². The van der Waals surface area contributed by atoms with E-state index in [0.29, 0.717) is 19.3 Å². The van der Waals surface area contributed by atoms with Crippen molar-refractivity contribution in [1.29, 1.82) is 0 Å². The number of nitrogens with two attached hydrogens (primary N) is 1. The number of hydrogen-bond acceptors (Lipinski definition) is 14. The summed E-state index contributed by atoms with van der Waals surface area (Å²) >= 11 is 0. The third-order valence-corrected chi connectivity index (χ3v) is 12.3. The van der Waals surface area contributed by atoms with Crippen LogP contribution in [0.4, 0.5) is 0 Å². The Bertz CT molecular complexity index is 2020. The number of carbonyl (C=O) groups is 10. The lowest BCUT2D eigenvalue weighted by atomic mass is 10.0. The Balaban J connectivity index is 1.39. The topological polar surface area (TPSA) is 368 Å². The summed E-state index contributed by atoms with van der Waals surface area (Å²) in [5.74, 6) is -9.18. The molecule has 0 aliphatic carbocycles. The first-order chi connectivity index (χ1) is 32.0. The van der Waals surface area contributed by atoms with E-state index in [2.05, 4.69) is 21.3 Å². The number of carboxylic acid groups (broad SMARTS) is 2. The van der Waals surface area contributed by atoms with Gasteiger partial charge < -0.3 is 72.5 Å². The quantitative estimate of drug-likeness (QED) is 0.0529. The number of aliphatic hydroxyl groups is 3. The van der Waals surface area contributed by atoms with Crippen molar-refractivity contribution in [2.75, 3.05) is 19.6 Å². The van der Waals surface area contributed by atoms with Gasteiger partial charge in [0.2, 0.25) is 47.3 Å². The van der Waals surface area contributed by atoms with E-state index in [4.69, 9.17) is 5.73 Å². The number of nitrogens with one attached hydrogen (secondary N) is 5. The molecule has 3 aliphatic heterocycles. The van der Waals surface area contributed by atoms with Crippen molar-refractivity contribution >= 4 is 59.2 Å². The Labute approximate surface area is 392 Å². The molecule has 0 saturated carbocycles. The Morgan fingerprint density at radius 1 is 0.603 bits per heavy atom. The second kappa shape index (κ2) is 24.7. The number of likely N-dealkylation sites (tertiary alicyclic amines) is 3. The van der Waals surface area contributed by atoms with Gasteiger partial charge in [-0.25, -0.2) is 4.79 Å². The van der Waals surface area contributed by atoms with Gasteiger partial charge in [-0.1, -0.05) is 30.3 Å². The zero-order valence-electron chi connectivity index (χ0n) is 38.5. The van der Waals surface area contributed by atoms with Crippen LogP contribution in [0.15, 0.2) is 30.3 Å². The number of hydrogen-bond donors (Lipinski definition) is 11. The smallest absolute Gasteiger partial charge is 0.328 e. The molecule has 376 valence electrons. The number of rotatable bonds is 22. The maximum Gasteiger partial charge on any atom is 0.328 e. The minimum absolute atomic E-state index is 0.138. The summed E-state index contributed by atoms with van der Waals surface area (Å²) < 4.78 is 0. The maximum atomic E-state index is 14.3. The Morgan fingerprint density at radius 3 is 1.56 bits per heavy atom. The molecular formula is C44H65N9O15. The van der Waals surface area contributed by atoms with Gasteiger partial charge in [-0.05, 0) is 84.6 Å². The second-order valence-electron chi connectivity index (χ2n) is 17.6. The molecular weight excluding hydrogens is 895 g/mol. The first-order valence-corrected chi connectivity index (χ1v) is 22.8. The second-order valence-corrected chi connectivity index (χ2v) is 17.6. The van der Waals surface area contributed by atoms with Gasteiger partial charge in [0, 0.05) is 26.1 Å². The molecule has 24 nitrogen and oxygen atoms in total.